The number of imidazole rings is 1. The average molecular weight is 290 g/mol. The molecule has 0 spiro atoms. The first-order valence-corrected chi connectivity index (χ1v) is 5.90. The Morgan fingerprint density at radius 1 is 1.55 bits per heavy atom. The summed E-state index contributed by atoms with van der Waals surface area (Å²) >= 11 is 0. The molecule has 1 unspecified atom stereocenters. The molecule has 0 bridgehead atoms. The zero-order valence-corrected chi connectivity index (χ0v) is 10.6. The molecule has 0 radical (unpaired) electrons. The number of amides is 2. The second-order valence-electron chi connectivity index (χ2n) is 4.61. The van der Waals surface area contributed by atoms with Gasteiger partial charge < -0.3 is 14.8 Å². The molecular weight excluding hydrogens is 277 g/mol. The molecule has 1 aromatic rings. The number of nitrogens with one attached hydrogen (secondary N) is 1. The number of carbonyl (C=O) groups excluding carboxylic acids is 2. The number of likely N-dealkylation sites (tertiary alicyclic amines) is 1. The van der Waals surface area contributed by atoms with Gasteiger partial charge in [0, 0.05) is 19.8 Å². The van der Waals surface area contributed by atoms with Gasteiger partial charge in [0.1, 0.15) is 18.3 Å². The van der Waals surface area contributed by atoms with Gasteiger partial charge in [-0.15, -0.1) is 0 Å². The highest BCUT2D eigenvalue weighted by Crippen LogP contribution is 2.21. The van der Waals surface area contributed by atoms with Crippen molar-refractivity contribution in [2.45, 2.75) is 18.6 Å². The standard InChI is InChI=1S/C11H13F3N4O2/c1-17-4-8(15-6-17)9(19)16-7-2-3-18(10(7)20)5-11(12,13)14/h4,6-7H,2-3,5H2,1H3,(H,16,19). The first kappa shape index (κ1) is 14.4. The monoisotopic (exact) mass is 290 g/mol. The number of alkyl halides is 3. The van der Waals surface area contributed by atoms with Crippen LogP contribution in [0.25, 0.3) is 0 Å². The number of aromatic nitrogens is 2. The van der Waals surface area contributed by atoms with Crippen molar-refractivity contribution in [3.8, 4) is 0 Å². The number of carbonyl (C=O) groups is 2. The second kappa shape index (κ2) is 5.14. The Balaban J connectivity index is 1.95. The zero-order valence-electron chi connectivity index (χ0n) is 10.6. The summed E-state index contributed by atoms with van der Waals surface area (Å²) < 4.78 is 38.3. The van der Waals surface area contributed by atoms with Crippen LogP contribution in [0.2, 0.25) is 0 Å². The Labute approximate surface area is 112 Å². The summed E-state index contributed by atoms with van der Waals surface area (Å²) in [7, 11) is 1.68. The van der Waals surface area contributed by atoms with Gasteiger partial charge >= 0.3 is 6.18 Å². The van der Waals surface area contributed by atoms with Crippen molar-refractivity contribution in [3.05, 3.63) is 18.2 Å². The maximum absolute atomic E-state index is 12.2. The number of halogens is 3. The van der Waals surface area contributed by atoms with E-state index in [2.05, 4.69) is 10.3 Å². The molecule has 2 heterocycles. The zero-order chi connectivity index (χ0) is 14.9. The molecule has 6 nitrogen and oxygen atoms in total. The van der Waals surface area contributed by atoms with E-state index in [-0.39, 0.29) is 18.7 Å². The van der Waals surface area contributed by atoms with Crippen LogP contribution < -0.4 is 5.32 Å². The molecule has 0 saturated carbocycles. The van der Waals surface area contributed by atoms with Crippen molar-refractivity contribution >= 4 is 11.8 Å². The SMILES string of the molecule is Cn1cnc(C(=O)NC2CCN(CC(F)(F)F)C2=O)c1. The fraction of sp³-hybridized carbons (Fsp3) is 0.545. The molecular formula is C11H13F3N4O2. The molecule has 2 amide bonds. The molecule has 1 atom stereocenters. The normalized spacial score (nSPS) is 19.5. The fourth-order valence-electron chi connectivity index (χ4n) is 2.01. The van der Waals surface area contributed by atoms with Crippen LogP contribution in [0.5, 0.6) is 0 Å². The van der Waals surface area contributed by atoms with Crippen molar-refractivity contribution in [1.82, 2.24) is 19.8 Å². The van der Waals surface area contributed by atoms with E-state index in [9.17, 15) is 22.8 Å². The quantitative estimate of drug-likeness (QED) is 0.871. The Kier molecular flexibility index (Phi) is 3.69. The minimum absolute atomic E-state index is 0.0223. The van der Waals surface area contributed by atoms with Crippen molar-refractivity contribution in [2.75, 3.05) is 13.1 Å². The van der Waals surface area contributed by atoms with Gasteiger partial charge in [-0.3, -0.25) is 9.59 Å². The van der Waals surface area contributed by atoms with Gasteiger partial charge in [0.05, 0.1) is 6.33 Å². The van der Waals surface area contributed by atoms with Gasteiger partial charge in [-0.1, -0.05) is 0 Å². The molecule has 110 valence electrons. The van der Waals surface area contributed by atoms with E-state index in [1.807, 2.05) is 0 Å². The van der Waals surface area contributed by atoms with Crippen LogP contribution in [0, 0.1) is 0 Å². The Morgan fingerprint density at radius 3 is 2.80 bits per heavy atom. The summed E-state index contributed by atoms with van der Waals surface area (Å²) in [5, 5.41) is 2.40. The van der Waals surface area contributed by atoms with E-state index in [1.54, 1.807) is 11.6 Å². The van der Waals surface area contributed by atoms with E-state index < -0.39 is 30.6 Å². The lowest BCUT2D eigenvalue weighted by molar-refractivity contribution is -0.157. The smallest absolute Gasteiger partial charge is 0.340 e. The molecule has 1 saturated heterocycles. The molecule has 20 heavy (non-hydrogen) atoms. The Bertz CT molecular complexity index is 526. The molecule has 2 rings (SSSR count). The molecule has 1 aliphatic rings. The fourth-order valence-corrected chi connectivity index (χ4v) is 2.01. The summed E-state index contributed by atoms with van der Waals surface area (Å²) in [6.07, 6.45) is -1.40. The Hall–Kier alpha value is -2.06. The maximum Gasteiger partial charge on any atom is 0.406 e. The highest BCUT2D eigenvalue weighted by Gasteiger charge is 2.39. The third-order valence-corrected chi connectivity index (χ3v) is 2.91. The summed E-state index contributed by atoms with van der Waals surface area (Å²) in [6.45, 7) is -1.31. The van der Waals surface area contributed by atoms with Gasteiger partial charge in [0.2, 0.25) is 5.91 Å². The van der Waals surface area contributed by atoms with Crippen LogP contribution in [0.1, 0.15) is 16.9 Å². The summed E-state index contributed by atoms with van der Waals surface area (Å²) in [6, 6.07) is -0.924. The van der Waals surface area contributed by atoms with E-state index in [0.29, 0.717) is 4.90 Å². The van der Waals surface area contributed by atoms with Crippen LogP contribution in [0.4, 0.5) is 13.2 Å². The molecule has 0 aliphatic carbocycles. The van der Waals surface area contributed by atoms with Crippen molar-refractivity contribution < 1.29 is 22.8 Å². The third-order valence-electron chi connectivity index (χ3n) is 2.91. The number of nitrogens with zero attached hydrogens (tertiary/aromatic N) is 3. The Morgan fingerprint density at radius 2 is 2.25 bits per heavy atom. The predicted molar refractivity (Wildman–Crippen MR) is 61.7 cm³/mol. The number of hydrogen-bond donors (Lipinski definition) is 1. The molecule has 1 N–H and O–H groups in total. The largest absolute Gasteiger partial charge is 0.406 e. The average Bonchev–Trinajstić information content (AvgIpc) is 2.88. The van der Waals surface area contributed by atoms with E-state index in [1.165, 1.54) is 12.5 Å². The van der Waals surface area contributed by atoms with Crippen LogP contribution in [-0.2, 0) is 11.8 Å². The van der Waals surface area contributed by atoms with Gasteiger partial charge in [-0.2, -0.15) is 13.2 Å². The molecule has 1 fully saturated rings. The van der Waals surface area contributed by atoms with E-state index in [0.717, 1.165) is 0 Å². The minimum atomic E-state index is -4.43. The minimum Gasteiger partial charge on any atom is -0.340 e. The molecule has 1 aliphatic heterocycles. The second-order valence-corrected chi connectivity index (χ2v) is 4.61. The van der Waals surface area contributed by atoms with Crippen LogP contribution >= 0.6 is 0 Å². The van der Waals surface area contributed by atoms with Crippen molar-refractivity contribution in [3.63, 3.8) is 0 Å². The van der Waals surface area contributed by atoms with Gasteiger partial charge in [-0.25, -0.2) is 4.98 Å². The molecule has 9 heteroatoms. The summed E-state index contributed by atoms with van der Waals surface area (Å²) in [5.74, 6) is -1.29. The van der Waals surface area contributed by atoms with Gasteiger partial charge in [0.15, 0.2) is 0 Å². The van der Waals surface area contributed by atoms with Gasteiger partial charge in [0.25, 0.3) is 5.91 Å². The van der Waals surface area contributed by atoms with Crippen LogP contribution in [0.15, 0.2) is 12.5 Å². The highest BCUT2D eigenvalue weighted by molar-refractivity contribution is 5.96. The topological polar surface area (TPSA) is 67.2 Å². The summed E-state index contributed by atoms with van der Waals surface area (Å²) in [5.41, 5.74) is 0.120. The number of rotatable bonds is 3. The van der Waals surface area contributed by atoms with Gasteiger partial charge in [-0.05, 0) is 6.42 Å². The van der Waals surface area contributed by atoms with Crippen molar-refractivity contribution in [2.24, 2.45) is 7.05 Å². The lowest BCUT2D eigenvalue weighted by Gasteiger charge is -2.18. The van der Waals surface area contributed by atoms with Crippen LogP contribution in [0.3, 0.4) is 0 Å². The van der Waals surface area contributed by atoms with E-state index >= 15 is 0 Å². The van der Waals surface area contributed by atoms with Crippen LogP contribution in [-0.4, -0.2) is 51.6 Å². The molecule has 0 aromatic carbocycles. The molecule has 1 aromatic heterocycles. The third kappa shape index (κ3) is 3.28. The summed E-state index contributed by atoms with van der Waals surface area (Å²) in [4.78, 5) is 28.0. The lowest BCUT2D eigenvalue weighted by Crippen LogP contribution is -2.43. The first-order chi connectivity index (χ1) is 9.26. The van der Waals surface area contributed by atoms with Crippen molar-refractivity contribution in [1.29, 1.82) is 0 Å². The van der Waals surface area contributed by atoms with E-state index in [4.69, 9.17) is 0 Å². The maximum atomic E-state index is 12.2. The highest BCUT2D eigenvalue weighted by atomic mass is 19.4. The number of hydrogen-bond acceptors (Lipinski definition) is 3. The number of aryl methyl sites for hydroxylation is 1. The lowest BCUT2D eigenvalue weighted by atomic mass is 10.2. The first-order valence-electron chi connectivity index (χ1n) is 5.90. The predicted octanol–water partition coefficient (Wildman–Crippen LogP) is 0.313.